The minimum atomic E-state index is -0.503. The standard InChI is InChI=1S/C17H19N3O3/c1-10-13(14-6-4-5-7-15(14)19-10)8-9-18-17(21)22-16-11(2)20-23-12(16)3/h4-7,19H,8-9H2,1-3H3,(H,18,21). The second-order valence-corrected chi connectivity index (χ2v) is 5.49. The van der Waals surface area contributed by atoms with Crippen LogP contribution in [-0.4, -0.2) is 22.8 Å². The van der Waals surface area contributed by atoms with E-state index < -0.39 is 6.09 Å². The topological polar surface area (TPSA) is 80.2 Å². The third-order valence-electron chi connectivity index (χ3n) is 3.83. The number of hydrogen-bond acceptors (Lipinski definition) is 4. The zero-order valence-electron chi connectivity index (χ0n) is 13.4. The van der Waals surface area contributed by atoms with E-state index >= 15 is 0 Å². The van der Waals surface area contributed by atoms with Crippen LogP contribution in [0.4, 0.5) is 4.79 Å². The summed E-state index contributed by atoms with van der Waals surface area (Å²) in [6.07, 6.45) is 0.226. The summed E-state index contributed by atoms with van der Waals surface area (Å²) in [6, 6.07) is 8.14. The Morgan fingerprint density at radius 3 is 2.83 bits per heavy atom. The van der Waals surface area contributed by atoms with Crippen LogP contribution in [0, 0.1) is 20.8 Å². The second-order valence-electron chi connectivity index (χ2n) is 5.49. The molecule has 120 valence electrons. The van der Waals surface area contributed by atoms with E-state index in [-0.39, 0.29) is 0 Å². The number of nitrogens with one attached hydrogen (secondary N) is 2. The number of carbonyl (C=O) groups excluding carboxylic acids is 1. The van der Waals surface area contributed by atoms with E-state index in [0.29, 0.717) is 23.7 Å². The molecule has 0 saturated carbocycles. The summed E-state index contributed by atoms with van der Waals surface area (Å²) in [7, 11) is 0. The smallest absolute Gasteiger partial charge is 0.405 e. The number of benzene rings is 1. The van der Waals surface area contributed by atoms with Gasteiger partial charge in [-0.05, 0) is 31.9 Å². The zero-order valence-corrected chi connectivity index (χ0v) is 13.4. The maximum absolute atomic E-state index is 11.9. The van der Waals surface area contributed by atoms with Gasteiger partial charge in [-0.2, -0.15) is 0 Å². The fourth-order valence-corrected chi connectivity index (χ4v) is 2.70. The fraction of sp³-hybridized carbons (Fsp3) is 0.294. The third kappa shape index (κ3) is 3.06. The maximum atomic E-state index is 11.9. The van der Waals surface area contributed by atoms with Gasteiger partial charge in [0.05, 0.1) is 0 Å². The number of para-hydroxylation sites is 1. The number of aryl methyl sites for hydroxylation is 3. The van der Waals surface area contributed by atoms with Crippen molar-refractivity contribution in [2.75, 3.05) is 6.54 Å². The van der Waals surface area contributed by atoms with Gasteiger partial charge in [0.2, 0.25) is 0 Å². The van der Waals surface area contributed by atoms with Crippen LogP contribution in [0.5, 0.6) is 5.75 Å². The van der Waals surface area contributed by atoms with Crippen LogP contribution in [0.2, 0.25) is 0 Å². The molecule has 1 amide bonds. The Morgan fingerprint density at radius 2 is 2.09 bits per heavy atom. The molecule has 6 nitrogen and oxygen atoms in total. The Morgan fingerprint density at radius 1 is 1.30 bits per heavy atom. The lowest BCUT2D eigenvalue weighted by atomic mass is 10.1. The number of carbonyl (C=O) groups is 1. The minimum absolute atomic E-state index is 0.380. The van der Waals surface area contributed by atoms with Gasteiger partial charge in [0.1, 0.15) is 5.69 Å². The van der Waals surface area contributed by atoms with Crippen molar-refractivity contribution >= 4 is 17.0 Å². The van der Waals surface area contributed by atoms with Gasteiger partial charge in [-0.1, -0.05) is 23.4 Å². The van der Waals surface area contributed by atoms with Crippen LogP contribution >= 0.6 is 0 Å². The van der Waals surface area contributed by atoms with Crippen molar-refractivity contribution in [3.05, 3.63) is 47.0 Å². The second kappa shape index (κ2) is 6.16. The van der Waals surface area contributed by atoms with Gasteiger partial charge in [-0.3, -0.25) is 0 Å². The highest BCUT2D eigenvalue weighted by Gasteiger charge is 2.15. The molecule has 2 heterocycles. The highest BCUT2D eigenvalue weighted by Crippen LogP contribution is 2.23. The third-order valence-corrected chi connectivity index (χ3v) is 3.83. The first kappa shape index (κ1) is 15.1. The minimum Gasteiger partial charge on any atom is -0.405 e. The molecule has 2 N–H and O–H groups in total. The first-order valence-electron chi connectivity index (χ1n) is 7.51. The molecule has 0 atom stereocenters. The van der Waals surface area contributed by atoms with Crippen molar-refractivity contribution in [1.82, 2.24) is 15.5 Å². The molecule has 0 spiro atoms. The molecule has 0 fully saturated rings. The SMILES string of the molecule is Cc1noc(C)c1OC(=O)NCCc1c(C)[nH]c2ccccc12. The number of rotatable bonds is 4. The molecule has 3 rings (SSSR count). The Hall–Kier alpha value is -2.76. The summed E-state index contributed by atoms with van der Waals surface area (Å²) in [5, 5.41) is 7.70. The number of fused-ring (bicyclic) bond motifs is 1. The van der Waals surface area contributed by atoms with Gasteiger partial charge >= 0.3 is 6.09 Å². The van der Waals surface area contributed by atoms with Gasteiger partial charge in [0.25, 0.3) is 0 Å². The number of H-pyrrole nitrogens is 1. The molecule has 0 saturated heterocycles. The average molecular weight is 313 g/mol. The first-order valence-corrected chi connectivity index (χ1v) is 7.51. The molecule has 6 heteroatoms. The van der Waals surface area contributed by atoms with Crippen LogP contribution in [0.15, 0.2) is 28.8 Å². The lowest BCUT2D eigenvalue weighted by Gasteiger charge is -2.06. The van der Waals surface area contributed by atoms with Crippen molar-refractivity contribution in [2.24, 2.45) is 0 Å². The molecule has 0 bridgehead atoms. The summed E-state index contributed by atoms with van der Waals surface area (Å²) in [5.41, 5.74) is 3.99. The van der Waals surface area contributed by atoms with E-state index in [2.05, 4.69) is 21.5 Å². The van der Waals surface area contributed by atoms with E-state index in [1.54, 1.807) is 13.8 Å². The number of nitrogens with zero attached hydrogens (tertiary/aromatic N) is 1. The highest BCUT2D eigenvalue weighted by molar-refractivity contribution is 5.84. The van der Waals surface area contributed by atoms with Gasteiger partial charge < -0.3 is 19.6 Å². The van der Waals surface area contributed by atoms with Gasteiger partial charge in [-0.25, -0.2) is 4.79 Å². The molecule has 0 radical (unpaired) electrons. The van der Waals surface area contributed by atoms with E-state index in [9.17, 15) is 4.79 Å². The highest BCUT2D eigenvalue weighted by atomic mass is 16.6. The molecular weight excluding hydrogens is 294 g/mol. The summed E-state index contributed by atoms with van der Waals surface area (Å²) < 4.78 is 10.2. The lowest BCUT2D eigenvalue weighted by Crippen LogP contribution is -2.29. The van der Waals surface area contributed by atoms with E-state index in [0.717, 1.165) is 17.6 Å². The normalized spacial score (nSPS) is 10.9. The predicted molar refractivity (Wildman–Crippen MR) is 86.7 cm³/mol. The summed E-state index contributed by atoms with van der Waals surface area (Å²) in [6.45, 7) is 5.97. The summed E-state index contributed by atoms with van der Waals surface area (Å²) in [5.74, 6) is 0.871. The largest absolute Gasteiger partial charge is 0.412 e. The Labute approximate surface area is 133 Å². The summed E-state index contributed by atoms with van der Waals surface area (Å²) >= 11 is 0. The van der Waals surface area contributed by atoms with Crippen molar-refractivity contribution < 1.29 is 14.1 Å². The predicted octanol–water partition coefficient (Wildman–Crippen LogP) is 3.41. The number of aromatic amines is 1. The molecule has 0 unspecified atom stereocenters. The summed E-state index contributed by atoms with van der Waals surface area (Å²) in [4.78, 5) is 15.2. The van der Waals surface area contributed by atoms with Gasteiger partial charge in [0, 0.05) is 30.1 Å². The molecule has 0 aliphatic rings. The van der Waals surface area contributed by atoms with Crippen molar-refractivity contribution in [3.63, 3.8) is 0 Å². The molecule has 0 aliphatic carbocycles. The quantitative estimate of drug-likeness (QED) is 0.773. The molecule has 1 aromatic carbocycles. The van der Waals surface area contributed by atoms with E-state index in [1.165, 1.54) is 10.9 Å². The fourth-order valence-electron chi connectivity index (χ4n) is 2.70. The van der Waals surface area contributed by atoms with Gasteiger partial charge in [-0.15, -0.1) is 0 Å². The number of aromatic nitrogens is 2. The number of ether oxygens (including phenoxy) is 1. The molecule has 0 aliphatic heterocycles. The zero-order chi connectivity index (χ0) is 16.4. The van der Waals surface area contributed by atoms with Crippen molar-refractivity contribution in [1.29, 1.82) is 0 Å². The van der Waals surface area contributed by atoms with E-state index in [4.69, 9.17) is 9.26 Å². The lowest BCUT2D eigenvalue weighted by molar-refractivity contribution is 0.199. The van der Waals surface area contributed by atoms with Crippen molar-refractivity contribution in [3.8, 4) is 5.75 Å². The van der Waals surface area contributed by atoms with Crippen LogP contribution in [0.1, 0.15) is 22.7 Å². The van der Waals surface area contributed by atoms with E-state index in [1.807, 2.05) is 25.1 Å². The monoisotopic (exact) mass is 313 g/mol. The number of amides is 1. The molecular formula is C17H19N3O3. The van der Waals surface area contributed by atoms with Crippen LogP contribution < -0.4 is 10.1 Å². The average Bonchev–Trinajstić information content (AvgIpc) is 3.01. The van der Waals surface area contributed by atoms with Gasteiger partial charge in [0.15, 0.2) is 11.5 Å². The Kier molecular flexibility index (Phi) is 4.06. The maximum Gasteiger partial charge on any atom is 0.412 e. The van der Waals surface area contributed by atoms with Crippen LogP contribution in [-0.2, 0) is 6.42 Å². The molecule has 23 heavy (non-hydrogen) atoms. The first-order chi connectivity index (χ1) is 11.1. The van der Waals surface area contributed by atoms with Crippen molar-refractivity contribution in [2.45, 2.75) is 27.2 Å². The number of hydrogen-bond donors (Lipinski definition) is 2. The Balaban J connectivity index is 1.60. The Bertz CT molecular complexity index is 829. The van der Waals surface area contributed by atoms with Crippen LogP contribution in [0.25, 0.3) is 10.9 Å². The molecule has 2 aromatic heterocycles. The molecule has 3 aromatic rings. The van der Waals surface area contributed by atoms with Crippen LogP contribution in [0.3, 0.4) is 0 Å².